The van der Waals surface area contributed by atoms with Gasteiger partial charge in [0.25, 0.3) is 0 Å². The van der Waals surface area contributed by atoms with Crippen LogP contribution in [0.3, 0.4) is 0 Å². The summed E-state index contributed by atoms with van der Waals surface area (Å²) < 4.78 is 5.35. The van der Waals surface area contributed by atoms with Crippen LogP contribution < -0.4 is 0 Å². The molecule has 6 atom stereocenters. The van der Waals surface area contributed by atoms with E-state index in [0.717, 1.165) is 12.0 Å². The minimum absolute atomic E-state index is 0.0322. The quantitative estimate of drug-likeness (QED) is 0.392. The molecule has 1 aliphatic heterocycles. The lowest BCUT2D eigenvalue weighted by Crippen LogP contribution is -2.55. The zero-order valence-electron chi connectivity index (χ0n) is 11.1. The number of carbonyl (C=O) groups excluding carboxylic acids is 1. The first-order chi connectivity index (χ1) is 8.84. The summed E-state index contributed by atoms with van der Waals surface area (Å²) in [5.74, 6) is -0.180. The molecular formula is C15H20O4. The van der Waals surface area contributed by atoms with Crippen LogP contribution in [0.4, 0.5) is 0 Å². The first kappa shape index (κ1) is 12.9. The Morgan fingerprint density at radius 1 is 1.37 bits per heavy atom. The van der Waals surface area contributed by atoms with E-state index in [1.54, 1.807) is 0 Å². The zero-order chi connectivity index (χ0) is 13.9. The van der Waals surface area contributed by atoms with Crippen molar-refractivity contribution in [1.29, 1.82) is 0 Å². The van der Waals surface area contributed by atoms with Crippen molar-refractivity contribution in [2.45, 2.75) is 44.5 Å². The normalized spacial score (nSPS) is 49.6. The molecule has 0 bridgehead atoms. The standard InChI is InChI=1S/C15H20O4/c1-7-4-11(16)13(17)15(3)6-12-9(5-10(7)15)8(2)14(18)19-12/h9-13,16-17H,1-2,4-6H2,3H3. The van der Waals surface area contributed by atoms with Crippen LogP contribution in [0.15, 0.2) is 24.3 Å². The number of hydrogen-bond acceptors (Lipinski definition) is 4. The molecule has 0 aromatic heterocycles. The predicted octanol–water partition coefficient (Wildman–Crippen LogP) is 1.18. The molecule has 0 radical (unpaired) electrons. The van der Waals surface area contributed by atoms with Gasteiger partial charge in [-0.2, -0.15) is 0 Å². The minimum atomic E-state index is -0.795. The summed E-state index contributed by atoms with van der Waals surface area (Å²) in [6.45, 7) is 9.84. The van der Waals surface area contributed by atoms with Crippen molar-refractivity contribution in [2.24, 2.45) is 17.3 Å². The fraction of sp³-hybridized carbons (Fsp3) is 0.667. The molecule has 4 heteroatoms. The van der Waals surface area contributed by atoms with Crippen LogP contribution in [-0.2, 0) is 9.53 Å². The largest absolute Gasteiger partial charge is 0.458 e. The molecular weight excluding hydrogens is 244 g/mol. The van der Waals surface area contributed by atoms with Gasteiger partial charge in [0.1, 0.15) is 6.10 Å². The summed E-state index contributed by atoms with van der Waals surface area (Å²) in [6, 6.07) is 0. The molecule has 4 nitrogen and oxygen atoms in total. The number of aliphatic hydroxyl groups excluding tert-OH is 2. The van der Waals surface area contributed by atoms with Crippen molar-refractivity contribution >= 4 is 5.97 Å². The Labute approximate surface area is 112 Å². The summed E-state index contributed by atoms with van der Waals surface area (Å²) in [7, 11) is 0. The lowest BCUT2D eigenvalue weighted by Gasteiger charge is -2.53. The average Bonchev–Trinajstić information content (AvgIpc) is 2.60. The third-order valence-corrected chi connectivity index (χ3v) is 5.35. The van der Waals surface area contributed by atoms with Crippen LogP contribution in [-0.4, -0.2) is 34.5 Å². The molecule has 2 aliphatic carbocycles. The Bertz CT molecular complexity index is 469. The van der Waals surface area contributed by atoms with Crippen LogP contribution in [0.25, 0.3) is 0 Å². The predicted molar refractivity (Wildman–Crippen MR) is 69.1 cm³/mol. The van der Waals surface area contributed by atoms with E-state index in [4.69, 9.17) is 4.74 Å². The molecule has 1 saturated heterocycles. The maximum Gasteiger partial charge on any atom is 0.334 e. The molecule has 2 N–H and O–H groups in total. The van der Waals surface area contributed by atoms with Gasteiger partial charge in [-0.3, -0.25) is 0 Å². The lowest BCUT2D eigenvalue weighted by molar-refractivity contribution is -0.154. The average molecular weight is 264 g/mol. The Morgan fingerprint density at radius 2 is 2.05 bits per heavy atom. The van der Waals surface area contributed by atoms with Crippen molar-refractivity contribution in [3.8, 4) is 0 Å². The third-order valence-electron chi connectivity index (χ3n) is 5.35. The van der Waals surface area contributed by atoms with E-state index in [1.165, 1.54) is 0 Å². The van der Waals surface area contributed by atoms with Crippen molar-refractivity contribution in [3.63, 3.8) is 0 Å². The fourth-order valence-electron chi connectivity index (χ4n) is 4.17. The van der Waals surface area contributed by atoms with E-state index in [-0.39, 0.29) is 23.9 Å². The van der Waals surface area contributed by atoms with Gasteiger partial charge in [-0.05, 0) is 25.2 Å². The number of fused-ring (bicyclic) bond motifs is 2. The second-order valence-corrected chi connectivity index (χ2v) is 6.45. The highest BCUT2D eigenvalue weighted by molar-refractivity contribution is 5.90. The van der Waals surface area contributed by atoms with Gasteiger partial charge >= 0.3 is 5.97 Å². The first-order valence-corrected chi connectivity index (χ1v) is 6.78. The molecule has 0 amide bonds. The SMILES string of the molecule is C=C1C(=O)OC2CC3(C)C(CC12)C(=C)CC(O)C3O. The van der Waals surface area contributed by atoms with Crippen molar-refractivity contribution < 1.29 is 19.7 Å². The van der Waals surface area contributed by atoms with Gasteiger partial charge in [0.05, 0.1) is 12.2 Å². The number of ether oxygens (including phenoxy) is 1. The molecule has 0 spiro atoms. The molecule has 3 fully saturated rings. The molecule has 6 unspecified atom stereocenters. The van der Waals surface area contributed by atoms with Gasteiger partial charge in [0, 0.05) is 16.9 Å². The summed E-state index contributed by atoms with van der Waals surface area (Å²) in [5.41, 5.74) is 1.03. The number of aliphatic hydroxyl groups is 2. The third kappa shape index (κ3) is 1.63. The molecule has 3 aliphatic rings. The highest BCUT2D eigenvalue weighted by Gasteiger charge is 2.57. The second kappa shape index (κ2) is 3.93. The summed E-state index contributed by atoms with van der Waals surface area (Å²) in [6.07, 6.45) is -0.0604. The van der Waals surface area contributed by atoms with Gasteiger partial charge in [0.15, 0.2) is 0 Å². The van der Waals surface area contributed by atoms with Crippen LogP contribution in [0, 0.1) is 17.3 Å². The molecule has 1 heterocycles. The monoisotopic (exact) mass is 264 g/mol. The van der Waals surface area contributed by atoms with E-state index in [1.807, 2.05) is 6.92 Å². The lowest BCUT2D eigenvalue weighted by atomic mass is 9.54. The van der Waals surface area contributed by atoms with E-state index < -0.39 is 17.6 Å². The summed E-state index contributed by atoms with van der Waals surface area (Å²) >= 11 is 0. The number of hydrogen-bond donors (Lipinski definition) is 2. The van der Waals surface area contributed by atoms with E-state index in [0.29, 0.717) is 18.4 Å². The topological polar surface area (TPSA) is 66.8 Å². The second-order valence-electron chi connectivity index (χ2n) is 6.45. The Balaban J connectivity index is 1.95. The molecule has 3 rings (SSSR count). The van der Waals surface area contributed by atoms with Gasteiger partial charge < -0.3 is 14.9 Å². The summed E-state index contributed by atoms with van der Waals surface area (Å²) in [4.78, 5) is 11.6. The maximum absolute atomic E-state index is 11.6. The van der Waals surface area contributed by atoms with Gasteiger partial charge in [-0.25, -0.2) is 4.79 Å². The molecule has 104 valence electrons. The molecule has 0 aromatic carbocycles. The fourth-order valence-corrected chi connectivity index (χ4v) is 4.17. The Hall–Kier alpha value is -1.13. The molecule has 19 heavy (non-hydrogen) atoms. The van der Waals surface area contributed by atoms with Crippen molar-refractivity contribution in [3.05, 3.63) is 24.3 Å². The number of carbonyl (C=O) groups is 1. The van der Waals surface area contributed by atoms with Crippen molar-refractivity contribution in [1.82, 2.24) is 0 Å². The number of rotatable bonds is 0. The van der Waals surface area contributed by atoms with Gasteiger partial charge in [-0.15, -0.1) is 0 Å². The zero-order valence-corrected chi connectivity index (χ0v) is 11.1. The summed E-state index contributed by atoms with van der Waals surface area (Å²) in [5, 5.41) is 20.3. The van der Waals surface area contributed by atoms with E-state index in [2.05, 4.69) is 13.2 Å². The van der Waals surface area contributed by atoms with Crippen LogP contribution in [0.5, 0.6) is 0 Å². The maximum atomic E-state index is 11.6. The highest BCUT2D eigenvalue weighted by atomic mass is 16.6. The van der Waals surface area contributed by atoms with Crippen molar-refractivity contribution in [2.75, 3.05) is 0 Å². The van der Waals surface area contributed by atoms with Crippen LogP contribution >= 0.6 is 0 Å². The first-order valence-electron chi connectivity index (χ1n) is 6.78. The Kier molecular flexibility index (Phi) is 2.67. The Morgan fingerprint density at radius 3 is 2.74 bits per heavy atom. The van der Waals surface area contributed by atoms with Gasteiger partial charge in [-0.1, -0.05) is 25.7 Å². The minimum Gasteiger partial charge on any atom is -0.458 e. The molecule has 0 aromatic rings. The van der Waals surface area contributed by atoms with E-state index >= 15 is 0 Å². The highest BCUT2D eigenvalue weighted by Crippen LogP contribution is 2.56. The van der Waals surface area contributed by atoms with Gasteiger partial charge in [0.2, 0.25) is 0 Å². The smallest absolute Gasteiger partial charge is 0.334 e. The van der Waals surface area contributed by atoms with E-state index in [9.17, 15) is 15.0 Å². The number of esters is 1. The van der Waals surface area contributed by atoms with Crippen LogP contribution in [0.1, 0.15) is 26.2 Å². The van der Waals surface area contributed by atoms with Crippen LogP contribution in [0.2, 0.25) is 0 Å². The molecule has 2 saturated carbocycles.